The normalized spacial score (nSPS) is 11.3. The smallest absolute Gasteiger partial charge is 0.0547 e. The highest BCUT2D eigenvalue weighted by Gasteiger charge is 2.14. The molecule has 6 aromatic rings. The lowest BCUT2D eigenvalue weighted by atomic mass is 10.0. The van der Waals surface area contributed by atoms with E-state index < -0.39 is 0 Å². The van der Waals surface area contributed by atoms with Gasteiger partial charge in [-0.05, 0) is 58.7 Å². The molecule has 0 spiro atoms. The lowest BCUT2D eigenvalue weighted by molar-refractivity contribution is 1.18. The van der Waals surface area contributed by atoms with Crippen molar-refractivity contribution < 1.29 is 0 Å². The molecule has 1 heterocycles. The third-order valence-electron chi connectivity index (χ3n) is 6.05. The molecule has 152 valence electrons. The van der Waals surface area contributed by atoms with Crippen LogP contribution >= 0.6 is 11.6 Å². The van der Waals surface area contributed by atoms with Crippen molar-refractivity contribution in [2.45, 2.75) is 0 Å². The van der Waals surface area contributed by atoms with Gasteiger partial charge >= 0.3 is 0 Å². The minimum atomic E-state index is 0.752. The fourth-order valence-electron chi connectivity index (χ4n) is 4.54. The summed E-state index contributed by atoms with van der Waals surface area (Å²) in [5, 5.41) is 3.12. The highest BCUT2D eigenvalue weighted by Crippen LogP contribution is 2.36. The number of benzene rings is 5. The summed E-state index contributed by atoms with van der Waals surface area (Å²) < 4.78 is 2.35. The second-order valence-electron chi connectivity index (χ2n) is 8.01. The van der Waals surface area contributed by atoms with Crippen LogP contribution in [0.2, 0.25) is 5.02 Å². The van der Waals surface area contributed by atoms with Crippen LogP contribution in [-0.4, -0.2) is 4.57 Å². The number of halogens is 1. The number of aromatic nitrogens is 1. The van der Waals surface area contributed by atoms with Gasteiger partial charge in [0.1, 0.15) is 0 Å². The van der Waals surface area contributed by atoms with E-state index in [1.54, 1.807) is 0 Å². The minimum absolute atomic E-state index is 0.752. The zero-order valence-corrected chi connectivity index (χ0v) is 18.1. The van der Waals surface area contributed by atoms with E-state index >= 15 is 0 Å². The quantitative estimate of drug-likeness (QED) is 0.265. The van der Waals surface area contributed by atoms with Crippen molar-refractivity contribution in [3.8, 4) is 27.9 Å². The van der Waals surface area contributed by atoms with Gasteiger partial charge in [-0.25, -0.2) is 0 Å². The number of nitrogens with zero attached hydrogens (tertiary/aromatic N) is 1. The van der Waals surface area contributed by atoms with Gasteiger partial charge in [-0.2, -0.15) is 0 Å². The topological polar surface area (TPSA) is 4.93 Å². The highest BCUT2D eigenvalue weighted by molar-refractivity contribution is 6.32. The van der Waals surface area contributed by atoms with Gasteiger partial charge in [0.15, 0.2) is 0 Å². The van der Waals surface area contributed by atoms with Crippen LogP contribution in [0.3, 0.4) is 0 Å². The summed E-state index contributed by atoms with van der Waals surface area (Å²) in [4.78, 5) is 0. The maximum Gasteiger partial charge on any atom is 0.0547 e. The SMILES string of the molecule is Clc1ccc2c(c1)c1ccc(-c3ccccc3)cc1n2-c1cccc(-c2ccccc2)c1. The van der Waals surface area contributed by atoms with Crippen molar-refractivity contribution in [1.29, 1.82) is 0 Å². The molecule has 0 aliphatic carbocycles. The summed E-state index contributed by atoms with van der Waals surface area (Å²) in [7, 11) is 0. The molecule has 0 aliphatic rings. The minimum Gasteiger partial charge on any atom is -0.309 e. The standard InChI is InChI=1S/C30H20ClN/c31-25-15-17-29-28(20-25)27-16-14-24(22-10-5-2-6-11-22)19-30(27)32(29)26-13-7-12-23(18-26)21-8-3-1-4-9-21/h1-20H. The fourth-order valence-corrected chi connectivity index (χ4v) is 4.71. The lowest BCUT2D eigenvalue weighted by Gasteiger charge is -2.11. The van der Waals surface area contributed by atoms with Crippen LogP contribution < -0.4 is 0 Å². The first-order valence-electron chi connectivity index (χ1n) is 10.7. The first-order chi connectivity index (χ1) is 15.8. The van der Waals surface area contributed by atoms with Gasteiger partial charge in [0.25, 0.3) is 0 Å². The number of fused-ring (bicyclic) bond motifs is 3. The Balaban J connectivity index is 1.64. The molecule has 0 unspecified atom stereocenters. The fraction of sp³-hybridized carbons (Fsp3) is 0. The van der Waals surface area contributed by atoms with Crippen LogP contribution in [0, 0.1) is 0 Å². The molecule has 0 bridgehead atoms. The summed E-state index contributed by atoms with van der Waals surface area (Å²) in [6.07, 6.45) is 0. The molecule has 1 nitrogen and oxygen atoms in total. The van der Waals surface area contributed by atoms with Gasteiger partial charge in [0.05, 0.1) is 11.0 Å². The van der Waals surface area contributed by atoms with E-state index in [9.17, 15) is 0 Å². The Morgan fingerprint density at radius 3 is 1.81 bits per heavy atom. The lowest BCUT2D eigenvalue weighted by Crippen LogP contribution is -1.94. The molecule has 1 aromatic heterocycles. The number of hydrogen-bond donors (Lipinski definition) is 0. The second kappa shape index (κ2) is 7.71. The summed E-state index contributed by atoms with van der Waals surface area (Å²) in [6.45, 7) is 0. The highest BCUT2D eigenvalue weighted by atomic mass is 35.5. The Morgan fingerprint density at radius 1 is 0.438 bits per heavy atom. The molecule has 0 saturated heterocycles. The number of hydrogen-bond acceptors (Lipinski definition) is 0. The average molecular weight is 430 g/mol. The predicted molar refractivity (Wildman–Crippen MR) is 137 cm³/mol. The largest absolute Gasteiger partial charge is 0.309 e. The summed E-state index contributed by atoms with van der Waals surface area (Å²) in [6, 6.07) is 42.6. The van der Waals surface area contributed by atoms with Crippen molar-refractivity contribution >= 4 is 33.4 Å². The van der Waals surface area contributed by atoms with Crippen molar-refractivity contribution in [3.05, 3.63) is 126 Å². The Hall–Kier alpha value is -3.81. The molecule has 0 N–H and O–H groups in total. The Kier molecular flexibility index (Phi) is 4.56. The van der Waals surface area contributed by atoms with Crippen molar-refractivity contribution in [1.82, 2.24) is 4.57 Å². The number of rotatable bonds is 3. The zero-order chi connectivity index (χ0) is 21.5. The summed E-state index contributed by atoms with van der Waals surface area (Å²) in [5.74, 6) is 0. The molecular weight excluding hydrogens is 410 g/mol. The molecule has 32 heavy (non-hydrogen) atoms. The van der Waals surface area contributed by atoms with E-state index in [-0.39, 0.29) is 0 Å². The predicted octanol–water partition coefficient (Wildman–Crippen LogP) is 8.77. The van der Waals surface area contributed by atoms with Gasteiger partial charge in [-0.1, -0.05) is 96.5 Å². The van der Waals surface area contributed by atoms with Gasteiger partial charge in [0, 0.05) is 21.5 Å². The average Bonchev–Trinajstić information content (AvgIpc) is 3.18. The van der Waals surface area contributed by atoms with Gasteiger partial charge in [-0.3, -0.25) is 0 Å². The Morgan fingerprint density at radius 2 is 1.09 bits per heavy atom. The zero-order valence-electron chi connectivity index (χ0n) is 17.4. The molecular formula is C30H20ClN. The molecule has 0 radical (unpaired) electrons. The van der Waals surface area contributed by atoms with Crippen LogP contribution in [0.1, 0.15) is 0 Å². The van der Waals surface area contributed by atoms with E-state index in [2.05, 4.69) is 120 Å². The van der Waals surface area contributed by atoms with Crippen molar-refractivity contribution in [2.75, 3.05) is 0 Å². The molecule has 6 rings (SSSR count). The second-order valence-corrected chi connectivity index (χ2v) is 8.45. The molecule has 0 saturated carbocycles. The van der Waals surface area contributed by atoms with E-state index in [0.717, 1.165) is 21.6 Å². The molecule has 2 heteroatoms. The van der Waals surface area contributed by atoms with Gasteiger partial charge < -0.3 is 4.57 Å². The summed E-state index contributed by atoms with van der Waals surface area (Å²) in [5.41, 5.74) is 8.29. The third-order valence-corrected chi connectivity index (χ3v) is 6.28. The van der Waals surface area contributed by atoms with E-state index in [1.165, 1.54) is 33.2 Å². The van der Waals surface area contributed by atoms with E-state index in [4.69, 9.17) is 11.6 Å². The molecule has 0 amide bonds. The van der Waals surface area contributed by atoms with E-state index in [1.807, 2.05) is 6.07 Å². The first kappa shape index (κ1) is 18.9. The third kappa shape index (κ3) is 3.19. The van der Waals surface area contributed by atoms with Crippen LogP contribution in [0.5, 0.6) is 0 Å². The first-order valence-corrected chi connectivity index (χ1v) is 11.1. The van der Waals surface area contributed by atoms with Crippen LogP contribution in [0.15, 0.2) is 121 Å². The maximum atomic E-state index is 6.40. The summed E-state index contributed by atoms with van der Waals surface area (Å²) >= 11 is 6.40. The monoisotopic (exact) mass is 429 g/mol. The van der Waals surface area contributed by atoms with Crippen molar-refractivity contribution in [3.63, 3.8) is 0 Å². The molecule has 0 atom stereocenters. The van der Waals surface area contributed by atoms with Gasteiger partial charge in [0.2, 0.25) is 0 Å². The molecule has 5 aromatic carbocycles. The maximum absolute atomic E-state index is 6.40. The Labute approximate surface area is 192 Å². The van der Waals surface area contributed by atoms with Gasteiger partial charge in [-0.15, -0.1) is 0 Å². The van der Waals surface area contributed by atoms with Crippen molar-refractivity contribution in [2.24, 2.45) is 0 Å². The van der Waals surface area contributed by atoms with Crippen LogP contribution in [0.4, 0.5) is 0 Å². The van der Waals surface area contributed by atoms with Crippen LogP contribution in [-0.2, 0) is 0 Å². The molecule has 0 aliphatic heterocycles. The Bertz CT molecular complexity index is 1560. The molecule has 0 fully saturated rings. The van der Waals surface area contributed by atoms with Crippen LogP contribution in [0.25, 0.3) is 49.7 Å². The van der Waals surface area contributed by atoms with E-state index in [0.29, 0.717) is 0 Å².